The van der Waals surface area contributed by atoms with Crippen LogP contribution >= 0.6 is 11.8 Å². The molecular weight excluding hydrogens is 224 g/mol. The highest BCUT2D eigenvalue weighted by molar-refractivity contribution is 8.01. The highest BCUT2D eigenvalue weighted by Crippen LogP contribution is 2.32. The SMILES string of the molecule is CC(C)=CCCC(C)(CC=O)SCC(=O)O. The lowest BCUT2D eigenvalue weighted by molar-refractivity contribution is -0.134. The van der Waals surface area contributed by atoms with E-state index >= 15 is 0 Å². The first-order chi connectivity index (χ1) is 7.39. The standard InChI is InChI=1S/C12H20O3S/c1-10(2)5-4-6-12(3,7-8-13)16-9-11(14)15/h5,8H,4,6-7,9H2,1-3H3,(H,14,15). The number of hydrogen-bond donors (Lipinski definition) is 1. The van der Waals surface area contributed by atoms with Crippen molar-refractivity contribution in [2.45, 2.75) is 44.8 Å². The van der Waals surface area contributed by atoms with Crippen LogP contribution in [-0.2, 0) is 9.59 Å². The van der Waals surface area contributed by atoms with Crippen LogP contribution in [0.25, 0.3) is 0 Å². The molecule has 1 atom stereocenters. The Hall–Kier alpha value is -0.770. The Morgan fingerprint density at radius 3 is 2.50 bits per heavy atom. The second-order valence-electron chi connectivity index (χ2n) is 4.32. The van der Waals surface area contributed by atoms with Crippen LogP contribution in [0.1, 0.15) is 40.0 Å². The van der Waals surface area contributed by atoms with Crippen LogP contribution in [0.3, 0.4) is 0 Å². The lowest BCUT2D eigenvalue weighted by Crippen LogP contribution is -2.22. The predicted molar refractivity (Wildman–Crippen MR) is 67.8 cm³/mol. The summed E-state index contributed by atoms with van der Waals surface area (Å²) in [5.74, 6) is -0.775. The molecule has 0 radical (unpaired) electrons. The fraction of sp³-hybridized carbons (Fsp3) is 0.667. The molecule has 16 heavy (non-hydrogen) atoms. The quantitative estimate of drug-likeness (QED) is 0.527. The molecule has 1 N–H and O–H groups in total. The van der Waals surface area contributed by atoms with E-state index in [1.807, 2.05) is 20.8 Å². The number of aldehydes is 1. The van der Waals surface area contributed by atoms with Crippen molar-refractivity contribution in [3.8, 4) is 0 Å². The maximum atomic E-state index is 10.6. The van der Waals surface area contributed by atoms with E-state index in [0.717, 1.165) is 19.1 Å². The van der Waals surface area contributed by atoms with Gasteiger partial charge in [0.2, 0.25) is 0 Å². The predicted octanol–water partition coefficient (Wildman–Crippen LogP) is 2.90. The largest absolute Gasteiger partial charge is 0.481 e. The summed E-state index contributed by atoms with van der Waals surface area (Å²) in [7, 11) is 0. The van der Waals surface area contributed by atoms with Crippen molar-refractivity contribution >= 4 is 24.0 Å². The van der Waals surface area contributed by atoms with Crippen molar-refractivity contribution in [1.82, 2.24) is 0 Å². The first-order valence-corrected chi connectivity index (χ1v) is 6.31. The zero-order chi connectivity index (χ0) is 12.6. The molecule has 0 saturated carbocycles. The van der Waals surface area contributed by atoms with E-state index in [1.165, 1.54) is 17.3 Å². The van der Waals surface area contributed by atoms with E-state index in [4.69, 9.17) is 5.11 Å². The Morgan fingerprint density at radius 1 is 1.44 bits per heavy atom. The fourth-order valence-electron chi connectivity index (χ4n) is 1.31. The maximum absolute atomic E-state index is 10.6. The van der Waals surface area contributed by atoms with Crippen molar-refractivity contribution in [3.63, 3.8) is 0 Å². The van der Waals surface area contributed by atoms with Crippen molar-refractivity contribution in [3.05, 3.63) is 11.6 Å². The van der Waals surface area contributed by atoms with Gasteiger partial charge in [0.15, 0.2) is 0 Å². The van der Waals surface area contributed by atoms with Crippen LogP contribution in [-0.4, -0.2) is 27.9 Å². The number of carbonyl (C=O) groups is 2. The van der Waals surface area contributed by atoms with Gasteiger partial charge < -0.3 is 9.90 Å². The molecule has 0 aliphatic heterocycles. The zero-order valence-electron chi connectivity index (χ0n) is 10.2. The number of carboxylic acid groups (broad SMARTS) is 1. The summed E-state index contributed by atoms with van der Waals surface area (Å²) in [5, 5.41) is 8.64. The van der Waals surface area contributed by atoms with Crippen LogP contribution in [0.4, 0.5) is 0 Å². The number of aliphatic carboxylic acids is 1. The molecular formula is C12H20O3S. The molecule has 0 aromatic heterocycles. The topological polar surface area (TPSA) is 54.4 Å². The number of hydrogen-bond acceptors (Lipinski definition) is 3. The van der Waals surface area contributed by atoms with Crippen molar-refractivity contribution in [2.24, 2.45) is 0 Å². The molecule has 0 aliphatic carbocycles. The van der Waals surface area contributed by atoms with Gasteiger partial charge in [0, 0.05) is 11.2 Å². The summed E-state index contributed by atoms with van der Waals surface area (Å²) in [5.41, 5.74) is 1.25. The van der Waals surface area contributed by atoms with Gasteiger partial charge in [0.25, 0.3) is 0 Å². The average molecular weight is 244 g/mol. The minimum absolute atomic E-state index is 0.0547. The van der Waals surface area contributed by atoms with Crippen LogP contribution < -0.4 is 0 Å². The Bertz CT molecular complexity index is 269. The summed E-state index contributed by atoms with van der Waals surface area (Å²) in [6.45, 7) is 6.01. The molecule has 92 valence electrons. The molecule has 0 aromatic carbocycles. The second-order valence-corrected chi connectivity index (χ2v) is 5.89. The van der Waals surface area contributed by atoms with E-state index in [-0.39, 0.29) is 10.5 Å². The van der Waals surface area contributed by atoms with E-state index in [1.54, 1.807) is 0 Å². The van der Waals surface area contributed by atoms with Gasteiger partial charge in [-0.15, -0.1) is 11.8 Å². The van der Waals surface area contributed by atoms with Gasteiger partial charge in [-0.1, -0.05) is 11.6 Å². The highest BCUT2D eigenvalue weighted by atomic mass is 32.2. The van der Waals surface area contributed by atoms with Gasteiger partial charge in [0.1, 0.15) is 6.29 Å². The highest BCUT2D eigenvalue weighted by Gasteiger charge is 2.24. The first-order valence-electron chi connectivity index (χ1n) is 5.32. The number of rotatable bonds is 8. The zero-order valence-corrected chi connectivity index (χ0v) is 11.0. The van der Waals surface area contributed by atoms with Gasteiger partial charge in [-0.3, -0.25) is 4.79 Å². The number of allylic oxidation sites excluding steroid dienone is 2. The number of carboxylic acids is 1. The lowest BCUT2D eigenvalue weighted by atomic mass is 10.0. The second kappa shape index (κ2) is 7.49. The minimum Gasteiger partial charge on any atom is -0.481 e. The molecule has 0 spiro atoms. The molecule has 0 bridgehead atoms. The third-order valence-electron chi connectivity index (χ3n) is 2.28. The van der Waals surface area contributed by atoms with Crippen molar-refractivity contribution in [2.75, 3.05) is 5.75 Å². The lowest BCUT2D eigenvalue weighted by Gasteiger charge is -2.25. The Kier molecular flexibility index (Phi) is 7.13. The van der Waals surface area contributed by atoms with Crippen LogP contribution in [0.5, 0.6) is 0 Å². The molecule has 0 aliphatic rings. The van der Waals surface area contributed by atoms with E-state index in [9.17, 15) is 9.59 Å². The van der Waals surface area contributed by atoms with Gasteiger partial charge in [-0.2, -0.15) is 0 Å². The molecule has 0 heterocycles. The molecule has 3 nitrogen and oxygen atoms in total. The van der Waals surface area contributed by atoms with Crippen molar-refractivity contribution < 1.29 is 14.7 Å². The van der Waals surface area contributed by atoms with Crippen molar-refractivity contribution in [1.29, 1.82) is 0 Å². The minimum atomic E-state index is -0.829. The summed E-state index contributed by atoms with van der Waals surface area (Å²) < 4.78 is -0.258. The van der Waals surface area contributed by atoms with Crippen LogP contribution in [0.15, 0.2) is 11.6 Å². The third kappa shape index (κ3) is 7.51. The normalized spacial score (nSPS) is 13.9. The molecule has 4 heteroatoms. The Morgan fingerprint density at radius 2 is 2.06 bits per heavy atom. The van der Waals surface area contributed by atoms with E-state index < -0.39 is 5.97 Å². The first kappa shape index (κ1) is 15.2. The van der Waals surface area contributed by atoms with Crippen LogP contribution in [0, 0.1) is 0 Å². The maximum Gasteiger partial charge on any atom is 0.313 e. The van der Waals surface area contributed by atoms with Gasteiger partial charge >= 0.3 is 5.97 Å². The number of thioether (sulfide) groups is 1. The average Bonchev–Trinajstić information content (AvgIpc) is 2.15. The summed E-state index contributed by atoms with van der Waals surface area (Å²) >= 11 is 1.35. The third-order valence-corrected chi connectivity index (χ3v) is 3.74. The summed E-state index contributed by atoms with van der Waals surface area (Å²) in [6.07, 6.45) is 5.11. The van der Waals surface area contributed by atoms with Gasteiger partial charge in [-0.25, -0.2) is 0 Å². The summed E-state index contributed by atoms with van der Waals surface area (Å²) in [6, 6.07) is 0. The smallest absolute Gasteiger partial charge is 0.313 e. The monoisotopic (exact) mass is 244 g/mol. The van der Waals surface area contributed by atoms with Gasteiger partial charge in [-0.05, 0) is 33.6 Å². The Balaban J connectivity index is 4.25. The molecule has 0 saturated heterocycles. The van der Waals surface area contributed by atoms with E-state index in [0.29, 0.717) is 6.42 Å². The number of carbonyl (C=O) groups excluding carboxylic acids is 1. The summed E-state index contributed by atoms with van der Waals surface area (Å²) in [4.78, 5) is 21.1. The Labute approximate surface area is 101 Å². The molecule has 0 rings (SSSR count). The molecule has 0 fully saturated rings. The molecule has 0 aromatic rings. The van der Waals surface area contributed by atoms with Gasteiger partial charge in [0.05, 0.1) is 5.75 Å². The fourth-order valence-corrected chi connectivity index (χ4v) is 2.23. The van der Waals surface area contributed by atoms with Crippen LogP contribution in [0.2, 0.25) is 0 Å². The molecule has 0 amide bonds. The van der Waals surface area contributed by atoms with E-state index in [2.05, 4.69) is 6.08 Å². The molecule has 1 unspecified atom stereocenters.